The molecule has 0 saturated carbocycles. The lowest BCUT2D eigenvalue weighted by molar-refractivity contribution is 0.0823. The van der Waals surface area contributed by atoms with Gasteiger partial charge in [0, 0.05) is 73.9 Å². The lowest BCUT2D eigenvalue weighted by atomic mass is 9.82. The van der Waals surface area contributed by atoms with Gasteiger partial charge in [0.1, 0.15) is 52.2 Å². The van der Waals surface area contributed by atoms with Crippen molar-refractivity contribution in [2.24, 2.45) is 0 Å². The van der Waals surface area contributed by atoms with Crippen LogP contribution >= 0.6 is 0 Å². The van der Waals surface area contributed by atoms with Crippen LogP contribution in [0.25, 0.3) is 11.0 Å². The van der Waals surface area contributed by atoms with Crippen molar-refractivity contribution in [3.8, 4) is 17.2 Å². The Kier molecular flexibility index (Phi) is 7.77. The standard InChI is InChI=1S/C36H31F4N3O4/c1-19-41-34-27(43(19)18-20-7-5-4-6-8-20)17-24(36(44)42(2)3)31(23-9-11-45-29-15-21(37)13-25(39)32(23)29)35(34)47-28-10-12-46-30-16-22(38)14-26(40)33(28)30/h4-8,13-17,23,28H,9-12,18H2,1-3H3/t23-,28-/m1/s1. The van der Waals surface area contributed by atoms with Crippen molar-refractivity contribution in [1.82, 2.24) is 14.5 Å². The SMILES string of the molecule is Cc1nc2c(O[C@@H]3CCOc4cc(F)cc(F)c43)c([C@H]3CCOc4cc(F)cc(F)c43)c(C(=O)N(C)C)cc2n1Cc1ccccc1. The van der Waals surface area contributed by atoms with Gasteiger partial charge in [0.2, 0.25) is 0 Å². The zero-order valence-corrected chi connectivity index (χ0v) is 26.0. The van der Waals surface area contributed by atoms with Gasteiger partial charge in [0.15, 0.2) is 5.75 Å². The van der Waals surface area contributed by atoms with Crippen LogP contribution in [0.5, 0.6) is 17.2 Å². The highest BCUT2D eigenvalue weighted by molar-refractivity contribution is 6.02. The molecule has 1 amide bonds. The summed E-state index contributed by atoms with van der Waals surface area (Å²) in [7, 11) is 3.21. The van der Waals surface area contributed by atoms with Crippen LogP contribution < -0.4 is 14.2 Å². The Balaban J connectivity index is 1.52. The second-order valence-electron chi connectivity index (χ2n) is 12.0. The summed E-state index contributed by atoms with van der Waals surface area (Å²) in [4.78, 5) is 20.4. The van der Waals surface area contributed by atoms with Gasteiger partial charge in [0.25, 0.3) is 5.91 Å². The van der Waals surface area contributed by atoms with Gasteiger partial charge in [0.05, 0.1) is 24.3 Å². The third kappa shape index (κ3) is 5.43. The fraction of sp³-hybridized carbons (Fsp3) is 0.278. The Morgan fingerprint density at radius 2 is 1.53 bits per heavy atom. The van der Waals surface area contributed by atoms with Crippen LogP contribution in [0.15, 0.2) is 60.7 Å². The maximum Gasteiger partial charge on any atom is 0.253 e. The monoisotopic (exact) mass is 645 g/mol. The summed E-state index contributed by atoms with van der Waals surface area (Å²) in [6, 6.07) is 15.2. The molecule has 0 bridgehead atoms. The molecule has 242 valence electrons. The van der Waals surface area contributed by atoms with Gasteiger partial charge in [-0.3, -0.25) is 4.79 Å². The third-order valence-electron chi connectivity index (χ3n) is 8.74. The summed E-state index contributed by atoms with van der Waals surface area (Å²) >= 11 is 0. The molecule has 0 saturated heterocycles. The van der Waals surface area contributed by atoms with Crippen LogP contribution in [0, 0.1) is 30.2 Å². The van der Waals surface area contributed by atoms with E-state index in [4.69, 9.17) is 19.2 Å². The lowest BCUT2D eigenvalue weighted by Crippen LogP contribution is -2.27. The van der Waals surface area contributed by atoms with E-state index in [1.165, 1.54) is 4.90 Å². The number of nitrogens with zero attached hydrogens (tertiary/aromatic N) is 3. The maximum atomic E-state index is 15.7. The zero-order chi connectivity index (χ0) is 33.0. The predicted octanol–water partition coefficient (Wildman–Crippen LogP) is 7.47. The average Bonchev–Trinajstić information content (AvgIpc) is 3.34. The normalized spacial score (nSPS) is 17.0. The second kappa shape index (κ2) is 11.9. The van der Waals surface area contributed by atoms with Crippen molar-refractivity contribution >= 4 is 16.9 Å². The molecular formula is C36H31F4N3O4. The highest BCUT2D eigenvalue weighted by Crippen LogP contribution is 2.49. The van der Waals surface area contributed by atoms with Crippen molar-refractivity contribution in [1.29, 1.82) is 0 Å². The Hall–Kier alpha value is -5.06. The number of aryl methyl sites for hydroxylation is 1. The predicted molar refractivity (Wildman–Crippen MR) is 166 cm³/mol. The zero-order valence-electron chi connectivity index (χ0n) is 26.0. The van der Waals surface area contributed by atoms with Crippen molar-refractivity contribution < 1.29 is 36.6 Å². The number of rotatable bonds is 6. The van der Waals surface area contributed by atoms with Crippen LogP contribution in [-0.4, -0.2) is 47.7 Å². The summed E-state index contributed by atoms with van der Waals surface area (Å²) in [6.45, 7) is 2.49. The topological polar surface area (TPSA) is 65.8 Å². The first-order chi connectivity index (χ1) is 22.6. The van der Waals surface area contributed by atoms with Crippen LogP contribution in [0.2, 0.25) is 0 Å². The molecule has 0 radical (unpaired) electrons. The fourth-order valence-electron chi connectivity index (χ4n) is 6.62. The molecule has 0 unspecified atom stereocenters. The molecule has 1 aromatic heterocycles. The van der Waals surface area contributed by atoms with E-state index in [0.717, 1.165) is 29.8 Å². The van der Waals surface area contributed by atoms with E-state index in [-0.39, 0.29) is 65.9 Å². The molecule has 0 N–H and O–H groups in total. The smallest absolute Gasteiger partial charge is 0.253 e. The Bertz CT molecular complexity index is 2030. The summed E-state index contributed by atoms with van der Waals surface area (Å²) in [5.41, 5.74) is 2.61. The third-order valence-corrected chi connectivity index (χ3v) is 8.74. The summed E-state index contributed by atoms with van der Waals surface area (Å²) in [5.74, 6) is -3.63. The van der Waals surface area contributed by atoms with E-state index in [0.29, 0.717) is 29.0 Å². The Morgan fingerprint density at radius 1 is 0.894 bits per heavy atom. The van der Waals surface area contributed by atoms with Gasteiger partial charge in [-0.05, 0) is 25.0 Å². The Labute approximate surface area is 268 Å². The van der Waals surface area contributed by atoms with E-state index in [1.807, 2.05) is 41.8 Å². The highest BCUT2D eigenvalue weighted by Gasteiger charge is 2.37. The quantitative estimate of drug-likeness (QED) is 0.179. The molecule has 0 spiro atoms. The van der Waals surface area contributed by atoms with Gasteiger partial charge in [-0.1, -0.05) is 30.3 Å². The van der Waals surface area contributed by atoms with Gasteiger partial charge in [-0.25, -0.2) is 22.5 Å². The van der Waals surface area contributed by atoms with Gasteiger partial charge < -0.3 is 23.7 Å². The van der Waals surface area contributed by atoms with E-state index in [1.54, 1.807) is 20.2 Å². The van der Waals surface area contributed by atoms with Gasteiger partial charge in [-0.2, -0.15) is 0 Å². The minimum Gasteiger partial charge on any atom is -0.493 e. The summed E-state index contributed by atoms with van der Waals surface area (Å²) in [6.07, 6.45) is -0.516. The molecule has 3 heterocycles. The number of benzene rings is 4. The molecular weight excluding hydrogens is 614 g/mol. The van der Waals surface area contributed by atoms with E-state index in [9.17, 15) is 13.6 Å². The van der Waals surface area contributed by atoms with Crippen LogP contribution in [0.4, 0.5) is 17.6 Å². The molecule has 2 atom stereocenters. The molecule has 0 fully saturated rings. The number of aromatic nitrogens is 2. The van der Waals surface area contributed by atoms with Gasteiger partial charge >= 0.3 is 0 Å². The minimum atomic E-state index is -0.956. The maximum absolute atomic E-state index is 15.7. The number of carbonyl (C=O) groups is 1. The molecule has 0 aliphatic carbocycles. The first-order valence-electron chi connectivity index (χ1n) is 15.3. The number of ether oxygens (including phenoxy) is 3. The number of amides is 1. The molecule has 7 nitrogen and oxygen atoms in total. The number of imidazole rings is 1. The molecule has 4 aromatic carbocycles. The number of hydrogen-bond donors (Lipinski definition) is 0. The molecule has 2 aliphatic rings. The van der Waals surface area contributed by atoms with Crippen LogP contribution in [-0.2, 0) is 6.54 Å². The van der Waals surface area contributed by atoms with Crippen molar-refractivity contribution in [2.45, 2.75) is 38.3 Å². The number of halogens is 4. The van der Waals surface area contributed by atoms with Crippen molar-refractivity contribution in [3.63, 3.8) is 0 Å². The summed E-state index contributed by atoms with van der Waals surface area (Å²) < 4.78 is 79.6. The van der Waals surface area contributed by atoms with Crippen molar-refractivity contribution in [3.05, 3.63) is 118 Å². The van der Waals surface area contributed by atoms with E-state index in [2.05, 4.69) is 0 Å². The molecule has 11 heteroatoms. The lowest BCUT2D eigenvalue weighted by Gasteiger charge is -2.32. The second-order valence-corrected chi connectivity index (χ2v) is 12.0. The number of fused-ring (bicyclic) bond motifs is 3. The minimum absolute atomic E-state index is 0.0146. The fourth-order valence-corrected chi connectivity index (χ4v) is 6.62. The molecule has 5 aromatic rings. The number of hydrogen-bond acceptors (Lipinski definition) is 5. The average molecular weight is 646 g/mol. The Morgan fingerprint density at radius 3 is 2.21 bits per heavy atom. The number of carbonyl (C=O) groups excluding carboxylic acids is 1. The van der Waals surface area contributed by atoms with Crippen molar-refractivity contribution in [2.75, 3.05) is 27.3 Å². The van der Waals surface area contributed by atoms with Gasteiger partial charge in [-0.15, -0.1) is 0 Å². The van der Waals surface area contributed by atoms with Crippen LogP contribution in [0.3, 0.4) is 0 Å². The largest absolute Gasteiger partial charge is 0.493 e. The summed E-state index contributed by atoms with van der Waals surface area (Å²) in [5, 5.41) is 0. The van der Waals surface area contributed by atoms with E-state index < -0.39 is 35.3 Å². The first-order valence-corrected chi connectivity index (χ1v) is 15.3. The molecule has 47 heavy (non-hydrogen) atoms. The molecule has 7 rings (SSSR count). The molecule has 2 aliphatic heterocycles. The first kappa shape index (κ1) is 30.6. The van der Waals surface area contributed by atoms with Crippen LogP contribution in [0.1, 0.15) is 63.3 Å². The highest BCUT2D eigenvalue weighted by atomic mass is 19.1. The van der Waals surface area contributed by atoms with E-state index >= 15 is 8.78 Å².